The molecule has 0 amide bonds. The largest absolute Gasteiger partial charge is 0.494 e. The van der Waals surface area contributed by atoms with Crippen LogP contribution in [0.4, 0.5) is 0 Å². The third-order valence-corrected chi connectivity index (χ3v) is 3.07. The van der Waals surface area contributed by atoms with Crippen LogP contribution < -0.4 is 10.5 Å². The van der Waals surface area contributed by atoms with Crippen LogP contribution in [0.25, 0.3) is 0 Å². The summed E-state index contributed by atoms with van der Waals surface area (Å²) in [6, 6.07) is 8.42. The SMILES string of the molecule is CCOc1ccc(C2CCC=C(N)C2)cc1. The Balaban J connectivity index is 2.07. The van der Waals surface area contributed by atoms with Crippen LogP contribution in [0, 0.1) is 0 Å². The van der Waals surface area contributed by atoms with E-state index in [9.17, 15) is 0 Å². The van der Waals surface area contributed by atoms with Crippen molar-refractivity contribution < 1.29 is 4.74 Å². The van der Waals surface area contributed by atoms with Gasteiger partial charge in [0.15, 0.2) is 0 Å². The monoisotopic (exact) mass is 217 g/mol. The van der Waals surface area contributed by atoms with E-state index in [0.717, 1.165) is 30.9 Å². The first-order chi connectivity index (χ1) is 7.79. The maximum absolute atomic E-state index is 5.88. The van der Waals surface area contributed by atoms with Gasteiger partial charge in [-0.1, -0.05) is 18.2 Å². The first kappa shape index (κ1) is 11.1. The fraction of sp³-hybridized carbons (Fsp3) is 0.429. The summed E-state index contributed by atoms with van der Waals surface area (Å²) in [4.78, 5) is 0. The molecular formula is C14H19NO. The van der Waals surface area contributed by atoms with E-state index >= 15 is 0 Å². The Morgan fingerprint density at radius 3 is 2.69 bits per heavy atom. The van der Waals surface area contributed by atoms with Gasteiger partial charge in [-0.05, 0) is 49.8 Å². The Kier molecular flexibility index (Phi) is 3.50. The lowest BCUT2D eigenvalue weighted by molar-refractivity contribution is 0.340. The average Bonchev–Trinajstić information content (AvgIpc) is 2.30. The molecule has 1 unspecified atom stereocenters. The van der Waals surface area contributed by atoms with Crippen molar-refractivity contribution in [2.75, 3.05) is 6.61 Å². The fourth-order valence-corrected chi connectivity index (χ4v) is 2.23. The molecule has 0 heterocycles. The molecule has 0 spiro atoms. The lowest BCUT2D eigenvalue weighted by atomic mass is 9.86. The molecule has 0 bridgehead atoms. The maximum atomic E-state index is 5.88. The summed E-state index contributed by atoms with van der Waals surface area (Å²) in [7, 11) is 0. The number of nitrogens with two attached hydrogens (primary N) is 1. The molecule has 86 valence electrons. The van der Waals surface area contributed by atoms with Crippen molar-refractivity contribution in [1.29, 1.82) is 0 Å². The number of hydrogen-bond donors (Lipinski definition) is 1. The molecule has 1 aliphatic rings. The summed E-state index contributed by atoms with van der Waals surface area (Å²) in [5.41, 5.74) is 8.28. The lowest BCUT2D eigenvalue weighted by Crippen LogP contribution is -2.10. The summed E-state index contributed by atoms with van der Waals surface area (Å²) >= 11 is 0. The Labute approximate surface area is 97.1 Å². The van der Waals surface area contributed by atoms with E-state index in [1.807, 2.05) is 19.1 Å². The molecule has 0 saturated carbocycles. The highest BCUT2D eigenvalue weighted by atomic mass is 16.5. The predicted octanol–water partition coefficient (Wildman–Crippen LogP) is 3.20. The first-order valence-electron chi connectivity index (χ1n) is 5.97. The lowest BCUT2D eigenvalue weighted by Gasteiger charge is -2.21. The van der Waals surface area contributed by atoms with Gasteiger partial charge in [0.2, 0.25) is 0 Å². The molecule has 1 aromatic carbocycles. The van der Waals surface area contributed by atoms with Crippen molar-refractivity contribution in [3.63, 3.8) is 0 Å². The number of hydrogen-bond acceptors (Lipinski definition) is 2. The molecule has 2 heteroatoms. The first-order valence-corrected chi connectivity index (χ1v) is 5.97. The van der Waals surface area contributed by atoms with E-state index in [4.69, 9.17) is 10.5 Å². The summed E-state index contributed by atoms with van der Waals surface area (Å²) in [5, 5.41) is 0. The van der Waals surface area contributed by atoms with Crippen molar-refractivity contribution in [1.82, 2.24) is 0 Å². The highest BCUT2D eigenvalue weighted by Crippen LogP contribution is 2.31. The maximum Gasteiger partial charge on any atom is 0.119 e. The molecule has 0 aliphatic heterocycles. The van der Waals surface area contributed by atoms with E-state index in [0.29, 0.717) is 5.92 Å². The third-order valence-electron chi connectivity index (χ3n) is 3.07. The van der Waals surface area contributed by atoms with E-state index in [-0.39, 0.29) is 0 Å². The van der Waals surface area contributed by atoms with Crippen LogP contribution in [0.15, 0.2) is 36.0 Å². The average molecular weight is 217 g/mol. The molecule has 0 radical (unpaired) electrons. The Bertz CT molecular complexity index is 367. The molecule has 1 atom stereocenters. The van der Waals surface area contributed by atoms with E-state index in [2.05, 4.69) is 18.2 Å². The minimum absolute atomic E-state index is 0.584. The second kappa shape index (κ2) is 5.06. The minimum atomic E-state index is 0.584. The Hall–Kier alpha value is -1.44. The minimum Gasteiger partial charge on any atom is -0.494 e. The molecule has 2 nitrogen and oxygen atoms in total. The highest BCUT2D eigenvalue weighted by molar-refractivity contribution is 5.30. The number of ether oxygens (including phenoxy) is 1. The summed E-state index contributed by atoms with van der Waals surface area (Å²) < 4.78 is 5.43. The van der Waals surface area contributed by atoms with Gasteiger partial charge in [-0.25, -0.2) is 0 Å². The Morgan fingerprint density at radius 1 is 1.31 bits per heavy atom. The molecule has 0 fully saturated rings. The topological polar surface area (TPSA) is 35.2 Å². The molecule has 1 aliphatic carbocycles. The van der Waals surface area contributed by atoms with Crippen LogP contribution >= 0.6 is 0 Å². The van der Waals surface area contributed by atoms with Crippen molar-refractivity contribution in [2.45, 2.75) is 32.1 Å². The van der Waals surface area contributed by atoms with E-state index < -0.39 is 0 Å². The molecular weight excluding hydrogens is 198 g/mol. The summed E-state index contributed by atoms with van der Waals surface area (Å²) in [6.45, 7) is 2.72. The van der Waals surface area contributed by atoms with Gasteiger partial charge in [-0.3, -0.25) is 0 Å². The molecule has 2 N–H and O–H groups in total. The summed E-state index contributed by atoms with van der Waals surface area (Å²) in [6.07, 6.45) is 5.44. The smallest absolute Gasteiger partial charge is 0.119 e. The van der Waals surface area contributed by atoms with Gasteiger partial charge in [-0.2, -0.15) is 0 Å². The summed E-state index contributed by atoms with van der Waals surface area (Å²) in [5.74, 6) is 1.53. The van der Waals surface area contributed by atoms with Gasteiger partial charge in [0.25, 0.3) is 0 Å². The molecule has 2 rings (SSSR count). The van der Waals surface area contributed by atoms with Crippen LogP contribution in [0.1, 0.15) is 37.7 Å². The van der Waals surface area contributed by atoms with Gasteiger partial charge in [0.05, 0.1) is 6.61 Å². The van der Waals surface area contributed by atoms with Crippen molar-refractivity contribution >= 4 is 0 Å². The van der Waals surface area contributed by atoms with Crippen LogP contribution in [0.3, 0.4) is 0 Å². The standard InChI is InChI=1S/C14H19NO/c1-2-16-14-8-6-11(7-9-14)12-4-3-5-13(15)10-12/h5-9,12H,2-4,10,15H2,1H3. The zero-order valence-corrected chi connectivity index (χ0v) is 9.78. The van der Waals surface area contributed by atoms with Gasteiger partial charge in [-0.15, -0.1) is 0 Å². The number of rotatable bonds is 3. The fourth-order valence-electron chi connectivity index (χ4n) is 2.23. The van der Waals surface area contributed by atoms with Gasteiger partial charge in [0, 0.05) is 5.70 Å². The van der Waals surface area contributed by atoms with Crippen molar-refractivity contribution in [2.24, 2.45) is 5.73 Å². The molecule has 0 aromatic heterocycles. The third kappa shape index (κ3) is 2.57. The quantitative estimate of drug-likeness (QED) is 0.843. The van der Waals surface area contributed by atoms with Crippen molar-refractivity contribution in [3.8, 4) is 5.75 Å². The number of benzene rings is 1. The van der Waals surface area contributed by atoms with Gasteiger partial charge >= 0.3 is 0 Å². The predicted molar refractivity (Wildman–Crippen MR) is 66.5 cm³/mol. The zero-order valence-electron chi connectivity index (χ0n) is 9.78. The van der Waals surface area contributed by atoms with Crippen LogP contribution in [-0.2, 0) is 0 Å². The number of allylic oxidation sites excluding steroid dienone is 2. The molecule has 0 saturated heterocycles. The molecule has 1 aromatic rings. The van der Waals surface area contributed by atoms with Crippen LogP contribution in [0.5, 0.6) is 5.75 Å². The van der Waals surface area contributed by atoms with Crippen LogP contribution in [0.2, 0.25) is 0 Å². The van der Waals surface area contributed by atoms with Crippen LogP contribution in [-0.4, -0.2) is 6.61 Å². The van der Waals surface area contributed by atoms with E-state index in [1.165, 1.54) is 12.0 Å². The molecule has 16 heavy (non-hydrogen) atoms. The second-order valence-corrected chi connectivity index (χ2v) is 4.26. The van der Waals surface area contributed by atoms with Gasteiger partial charge in [0.1, 0.15) is 5.75 Å². The normalized spacial score (nSPS) is 20.3. The highest BCUT2D eigenvalue weighted by Gasteiger charge is 2.15. The Morgan fingerprint density at radius 2 is 2.06 bits per heavy atom. The zero-order chi connectivity index (χ0) is 11.4. The van der Waals surface area contributed by atoms with Crippen molar-refractivity contribution in [3.05, 3.63) is 41.6 Å². The second-order valence-electron chi connectivity index (χ2n) is 4.26. The van der Waals surface area contributed by atoms with E-state index in [1.54, 1.807) is 0 Å². The van der Waals surface area contributed by atoms with Gasteiger partial charge < -0.3 is 10.5 Å².